The lowest BCUT2D eigenvalue weighted by atomic mass is 10.2. The van der Waals surface area contributed by atoms with Gasteiger partial charge in [-0.3, -0.25) is 0 Å². The fourth-order valence-corrected chi connectivity index (χ4v) is 0.762. The summed E-state index contributed by atoms with van der Waals surface area (Å²) in [7, 11) is 0. The molecule has 0 N–H and O–H groups in total. The van der Waals surface area contributed by atoms with E-state index in [-0.39, 0.29) is 6.61 Å². The molecule has 11 heavy (non-hydrogen) atoms. The van der Waals surface area contributed by atoms with Crippen LogP contribution in [0.5, 0.6) is 5.75 Å². The molecule has 0 amide bonds. The number of benzene rings is 1. The third kappa shape index (κ3) is 2.30. The van der Waals surface area contributed by atoms with Gasteiger partial charge in [-0.05, 0) is 30.7 Å². The lowest BCUT2D eigenvalue weighted by molar-refractivity contribution is 0.368. The monoisotopic (exact) mass is 146 g/mol. The summed E-state index contributed by atoms with van der Waals surface area (Å²) < 4.78 is 5.04. The van der Waals surface area contributed by atoms with Gasteiger partial charge >= 0.3 is 0 Å². The average Bonchev–Trinajstić information content (AvgIpc) is 2.01. The van der Waals surface area contributed by atoms with Crippen molar-refractivity contribution in [2.24, 2.45) is 0 Å². The molecule has 2 heteroatoms. The van der Waals surface area contributed by atoms with E-state index in [0.717, 1.165) is 5.56 Å². The van der Waals surface area contributed by atoms with Crippen molar-refractivity contribution in [2.75, 3.05) is 6.61 Å². The summed E-state index contributed by atoms with van der Waals surface area (Å²) in [4.78, 5) is 0. The van der Waals surface area contributed by atoms with Gasteiger partial charge < -0.3 is 4.74 Å². The zero-order valence-corrected chi connectivity index (χ0v) is 6.29. The average molecular weight is 146 g/mol. The van der Waals surface area contributed by atoms with Crippen LogP contribution in [0.4, 0.5) is 0 Å². The van der Waals surface area contributed by atoms with Crippen LogP contribution >= 0.6 is 0 Å². The van der Waals surface area contributed by atoms with Gasteiger partial charge in [0.2, 0.25) is 0 Å². The first-order chi connectivity index (χ1) is 5.33. The van der Waals surface area contributed by atoms with Crippen LogP contribution in [0, 0.1) is 24.3 Å². The molecule has 0 aliphatic rings. The summed E-state index contributed by atoms with van der Waals surface area (Å²) in [6.45, 7) is 2.05. The number of rotatable bonds is 2. The number of nitrogens with zero attached hydrogens (tertiary/aromatic N) is 1. The fraction of sp³-hybridized carbons (Fsp3) is 0.222. The maximum Gasteiger partial charge on any atom is 0.174 e. The number of aryl methyl sites for hydroxylation is 1. The molecule has 0 saturated carbocycles. The smallest absolute Gasteiger partial charge is 0.174 e. The van der Waals surface area contributed by atoms with E-state index in [1.807, 2.05) is 25.1 Å². The molecule has 1 aromatic rings. The Morgan fingerprint density at radius 2 is 2.45 bits per heavy atom. The van der Waals surface area contributed by atoms with E-state index in [2.05, 4.69) is 6.07 Å². The molecular weight excluding hydrogens is 138 g/mol. The summed E-state index contributed by atoms with van der Waals surface area (Å²) in [5.74, 6) is 0.701. The molecule has 1 rings (SSSR count). The molecular formula is C9H8NO. The van der Waals surface area contributed by atoms with Crippen molar-refractivity contribution in [3.05, 3.63) is 29.8 Å². The van der Waals surface area contributed by atoms with E-state index in [4.69, 9.17) is 10.00 Å². The van der Waals surface area contributed by atoms with Gasteiger partial charge in [0.25, 0.3) is 0 Å². The molecule has 1 aromatic carbocycles. The summed E-state index contributed by atoms with van der Waals surface area (Å²) in [5.41, 5.74) is 1.08. The molecule has 0 bridgehead atoms. The van der Waals surface area contributed by atoms with Crippen molar-refractivity contribution in [1.29, 1.82) is 5.26 Å². The van der Waals surface area contributed by atoms with Gasteiger partial charge in [-0.15, -0.1) is 0 Å². The maximum absolute atomic E-state index is 8.21. The Labute approximate surface area is 66.0 Å². The van der Waals surface area contributed by atoms with Crippen molar-refractivity contribution in [1.82, 2.24) is 0 Å². The van der Waals surface area contributed by atoms with Crippen LogP contribution in [0.3, 0.4) is 0 Å². The number of hydrogen-bond acceptors (Lipinski definition) is 2. The molecule has 0 aromatic heterocycles. The second kappa shape index (κ2) is 3.62. The molecule has 0 spiro atoms. The highest BCUT2D eigenvalue weighted by atomic mass is 16.5. The van der Waals surface area contributed by atoms with Crippen LogP contribution in [0.25, 0.3) is 0 Å². The molecule has 0 saturated heterocycles. The predicted octanol–water partition coefficient (Wildman–Crippen LogP) is 1.70. The zero-order valence-electron chi connectivity index (χ0n) is 6.29. The Morgan fingerprint density at radius 3 is 3.09 bits per heavy atom. The SMILES string of the molecule is Cc1c[c]cc(OCC#N)c1. The quantitative estimate of drug-likeness (QED) is 0.636. The minimum atomic E-state index is 0.0945. The second-order valence-corrected chi connectivity index (χ2v) is 2.19. The van der Waals surface area contributed by atoms with Gasteiger partial charge in [-0.25, -0.2) is 0 Å². The normalized spacial score (nSPS) is 8.73. The van der Waals surface area contributed by atoms with E-state index in [1.54, 1.807) is 6.07 Å². The van der Waals surface area contributed by atoms with Crippen molar-refractivity contribution in [3.63, 3.8) is 0 Å². The Balaban J connectivity index is 2.65. The van der Waals surface area contributed by atoms with E-state index >= 15 is 0 Å². The van der Waals surface area contributed by atoms with E-state index < -0.39 is 0 Å². The van der Waals surface area contributed by atoms with Crippen LogP contribution in [-0.2, 0) is 0 Å². The number of hydrogen-bond donors (Lipinski definition) is 0. The highest BCUT2D eigenvalue weighted by molar-refractivity contribution is 5.26. The van der Waals surface area contributed by atoms with Crippen molar-refractivity contribution in [2.45, 2.75) is 6.92 Å². The predicted molar refractivity (Wildman–Crippen MR) is 41.1 cm³/mol. The molecule has 0 unspecified atom stereocenters. The van der Waals surface area contributed by atoms with Crippen molar-refractivity contribution < 1.29 is 4.74 Å². The third-order valence-electron chi connectivity index (χ3n) is 1.21. The summed E-state index contributed by atoms with van der Waals surface area (Å²) in [6, 6.07) is 10.2. The maximum atomic E-state index is 8.21. The van der Waals surface area contributed by atoms with Crippen LogP contribution in [0.2, 0.25) is 0 Å². The minimum Gasteiger partial charge on any atom is -0.479 e. The topological polar surface area (TPSA) is 33.0 Å². The summed E-state index contributed by atoms with van der Waals surface area (Å²) >= 11 is 0. The molecule has 0 heterocycles. The lowest BCUT2D eigenvalue weighted by Gasteiger charge is -2.00. The van der Waals surface area contributed by atoms with Crippen molar-refractivity contribution >= 4 is 0 Å². The fourth-order valence-electron chi connectivity index (χ4n) is 0.762. The summed E-state index contributed by atoms with van der Waals surface area (Å²) in [5, 5.41) is 8.21. The molecule has 2 nitrogen and oxygen atoms in total. The largest absolute Gasteiger partial charge is 0.479 e. The van der Waals surface area contributed by atoms with Crippen LogP contribution in [-0.4, -0.2) is 6.61 Å². The lowest BCUT2D eigenvalue weighted by Crippen LogP contribution is -1.92. The van der Waals surface area contributed by atoms with Gasteiger partial charge in [-0.1, -0.05) is 6.07 Å². The van der Waals surface area contributed by atoms with Gasteiger partial charge in [0.1, 0.15) is 11.8 Å². The van der Waals surface area contributed by atoms with Crippen LogP contribution < -0.4 is 4.74 Å². The van der Waals surface area contributed by atoms with Crippen LogP contribution in [0.1, 0.15) is 5.56 Å². The van der Waals surface area contributed by atoms with E-state index in [0.29, 0.717) is 5.75 Å². The molecule has 0 aliphatic carbocycles. The summed E-state index contributed by atoms with van der Waals surface area (Å²) in [6.07, 6.45) is 0. The Hall–Kier alpha value is -1.49. The second-order valence-electron chi connectivity index (χ2n) is 2.19. The van der Waals surface area contributed by atoms with Gasteiger partial charge in [0.05, 0.1) is 0 Å². The molecule has 0 fully saturated rings. The van der Waals surface area contributed by atoms with Crippen molar-refractivity contribution in [3.8, 4) is 11.8 Å². The number of nitriles is 1. The first kappa shape index (κ1) is 7.62. The van der Waals surface area contributed by atoms with Gasteiger partial charge in [0, 0.05) is 0 Å². The van der Waals surface area contributed by atoms with Gasteiger partial charge in [-0.2, -0.15) is 5.26 Å². The number of ether oxygens (including phenoxy) is 1. The Kier molecular flexibility index (Phi) is 2.51. The Morgan fingerprint density at radius 1 is 1.64 bits per heavy atom. The standard InChI is InChI=1S/C9H8NO/c1-8-3-2-4-9(7-8)11-6-5-10/h3-4,7H,6H2,1H3. The Bertz CT molecular complexity index is 275. The van der Waals surface area contributed by atoms with E-state index in [1.165, 1.54) is 0 Å². The molecule has 1 radical (unpaired) electrons. The minimum absolute atomic E-state index is 0.0945. The molecule has 55 valence electrons. The van der Waals surface area contributed by atoms with Crippen LogP contribution in [0.15, 0.2) is 18.2 Å². The zero-order chi connectivity index (χ0) is 8.10. The highest BCUT2D eigenvalue weighted by Crippen LogP contribution is 2.10. The highest BCUT2D eigenvalue weighted by Gasteiger charge is 1.91. The van der Waals surface area contributed by atoms with E-state index in [9.17, 15) is 0 Å². The first-order valence-electron chi connectivity index (χ1n) is 3.30. The van der Waals surface area contributed by atoms with Gasteiger partial charge in [0.15, 0.2) is 6.61 Å². The molecule has 0 aliphatic heterocycles. The first-order valence-corrected chi connectivity index (χ1v) is 3.30. The molecule has 0 atom stereocenters. The third-order valence-corrected chi connectivity index (χ3v) is 1.21.